The van der Waals surface area contributed by atoms with Crippen LogP contribution in [0.4, 0.5) is 13.2 Å². The lowest BCUT2D eigenvalue weighted by Crippen LogP contribution is -2.38. The summed E-state index contributed by atoms with van der Waals surface area (Å²) in [7, 11) is 0. The first-order chi connectivity index (χ1) is 13.5. The fourth-order valence-electron chi connectivity index (χ4n) is 3.05. The Morgan fingerprint density at radius 1 is 1.14 bits per heavy atom. The summed E-state index contributed by atoms with van der Waals surface area (Å²) in [5.41, 5.74) is 1.77. The number of ether oxygens (including phenoxy) is 1. The van der Waals surface area contributed by atoms with E-state index in [1.807, 2.05) is 6.07 Å². The number of carbonyl (C=O) groups excluding carboxylic acids is 1. The number of halogens is 3. The minimum atomic E-state index is -2.84. The molecule has 0 spiro atoms. The lowest BCUT2D eigenvalue weighted by molar-refractivity contribution is -0.122. The molecule has 0 radical (unpaired) electrons. The highest BCUT2D eigenvalue weighted by Gasteiger charge is 2.30. The molecule has 0 aliphatic heterocycles. The Bertz CT molecular complexity index is 779. The largest absolute Gasteiger partial charge is 0.435 e. The maximum atomic E-state index is 13.4. The first-order valence-electron chi connectivity index (χ1n) is 9.28. The predicted molar refractivity (Wildman–Crippen MR) is 99.6 cm³/mol. The predicted octanol–water partition coefficient (Wildman–Crippen LogP) is 3.75. The summed E-state index contributed by atoms with van der Waals surface area (Å²) in [6, 6.07) is 13.2. The quantitative estimate of drug-likeness (QED) is 0.670. The van der Waals surface area contributed by atoms with E-state index in [0.717, 1.165) is 24.0 Å². The lowest BCUT2D eigenvalue weighted by Gasteiger charge is -2.21. The molecule has 1 fully saturated rings. The van der Waals surface area contributed by atoms with Gasteiger partial charge in [0.2, 0.25) is 5.91 Å². The topological polar surface area (TPSA) is 41.6 Å². The molecule has 150 valence electrons. The maximum absolute atomic E-state index is 13.4. The Balaban J connectivity index is 1.43. The van der Waals surface area contributed by atoms with Crippen LogP contribution >= 0.6 is 0 Å². The molecule has 28 heavy (non-hydrogen) atoms. The Morgan fingerprint density at radius 3 is 2.54 bits per heavy atom. The van der Waals surface area contributed by atoms with Crippen molar-refractivity contribution in [3.8, 4) is 5.75 Å². The molecule has 0 saturated heterocycles. The third-order valence-electron chi connectivity index (χ3n) is 4.57. The van der Waals surface area contributed by atoms with Gasteiger partial charge in [-0.2, -0.15) is 8.78 Å². The van der Waals surface area contributed by atoms with Crippen molar-refractivity contribution in [2.45, 2.75) is 38.5 Å². The number of benzene rings is 2. The molecule has 1 amide bonds. The fraction of sp³-hybridized carbons (Fsp3) is 0.381. The van der Waals surface area contributed by atoms with Gasteiger partial charge in [-0.25, -0.2) is 4.39 Å². The van der Waals surface area contributed by atoms with Crippen molar-refractivity contribution in [1.29, 1.82) is 0 Å². The van der Waals surface area contributed by atoms with Crippen LogP contribution in [0.3, 0.4) is 0 Å². The molecule has 1 aliphatic rings. The number of nitrogens with zero attached hydrogens (tertiary/aromatic N) is 1. The Kier molecular flexibility index (Phi) is 6.92. The average Bonchev–Trinajstić information content (AvgIpc) is 3.47. The summed E-state index contributed by atoms with van der Waals surface area (Å²) < 4.78 is 42.0. The zero-order chi connectivity index (χ0) is 19.9. The number of amides is 1. The first kappa shape index (κ1) is 20.2. The maximum Gasteiger partial charge on any atom is 0.387 e. The van der Waals surface area contributed by atoms with Gasteiger partial charge in [0.15, 0.2) is 0 Å². The zero-order valence-corrected chi connectivity index (χ0v) is 15.4. The molecule has 0 bridgehead atoms. The zero-order valence-electron chi connectivity index (χ0n) is 15.4. The van der Waals surface area contributed by atoms with E-state index in [-0.39, 0.29) is 24.0 Å². The van der Waals surface area contributed by atoms with Crippen LogP contribution in [0.15, 0.2) is 48.5 Å². The van der Waals surface area contributed by atoms with Crippen molar-refractivity contribution in [1.82, 2.24) is 10.2 Å². The van der Waals surface area contributed by atoms with Crippen LogP contribution in [0, 0.1) is 5.82 Å². The highest BCUT2D eigenvalue weighted by molar-refractivity contribution is 5.78. The van der Waals surface area contributed by atoms with Gasteiger partial charge in [0.05, 0.1) is 6.54 Å². The molecular formula is C21H23F3N2O2. The summed E-state index contributed by atoms with van der Waals surface area (Å²) >= 11 is 0. The Hall–Kier alpha value is -2.54. The summed E-state index contributed by atoms with van der Waals surface area (Å²) in [5, 5.41) is 2.88. The number of rotatable bonds is 10. The average molecular weight is 392 g/mol. The van der Waals surface area contributed by atoms with Crippen LogP contribution in [0.1, 0.15) is 24.0 Å². The van der Waals surface area contributed by atoms with Crippen molar-refractivity contribution in [3.63, 3.8) is 0 Å². The third kappa shape index (κ3) is 6.56. The van der Waals surface area contributed by atoms with Gasteiger partial charge in [0.25, 0.3) is 0 Å². The standard InChI is InChI=1S/C21H23F3N2O2/c22-17-3-1-2-16(12-17)13-26(18-6-7-18)14-20(27)25-11-10-15-4-8-19(9-5-15)28-21(23)24/h1-5,8-9,12,18,21H,6-7,10-11,13-14H2,(H,25,27). The van der Waals surface area contributed by atoms with E-state index in [1.54, 1.807) is 18.2 Å². The first-order valence-corrected chi connectivity index (χ1v) is 9.28. The molecule has 2 aromatic carbocycles. The van der Waals surface area contributed by atoms with E-state index in [4.69, 9.17) is 0 Å². The summed E-state index contributed by atoms with van der Waals surface area (Å²) in [4.78, 5) is 14.3. The van der Waals surface area contributed by atoms with Crippen LogP contribution in [0.2, 0.25) is 0 Å². The van der Waals surface area contributed by atoms with Crippen molar-refractivity contribution < 1.29 is 22.7 Å². The van der Waals surface area contributed by atoms with E-state index in [0.29, 0.717) is 25.6 Å². The molecule has 0 unspecified atom stereocenters. The number of carbonyl (C=O) groups is 1. The van der Waals surface area contributed by atoms with Gasteiger partial charge in [0, 0.05) is 19.1 Å². The van der Waals surface area contributed by atoms with Crippen LogP contribution in [-0.2, 0) is 17.8 Å². The molecule has 3 rings (SSSR count). The van der Waals surface area contributed by atoms with Gasteiger partial charge in [-0.05, 0) is 54.7 Å². The normalized spacial score (nSPS) is 13.8. The second-order valence-corrected chi connectivity index (χ2v) is 6.89. The third-order valence-corrected chi connectivity index (χ3v) is 4.57. The lowest BCUT2D eigenvalue weighted by atomic mass is 10.1. The second kappa shape index (κ2) is 9.59. The molecule has 2 aromatic rings. The highest BCUT2D eigenvalue weighted by Crippen LogP contribution is 2.28. The summed E-state index contributed by atoms with van der Waals surface area (Å²) in [5.74, 6) is -0.246. The number of alkyl halides is 2. The fourth-order valence-corrected chi connectivity index (χ4v) is 3.05. The van der Waals surface area contributed by atoms with Gasteiger partial charge < -0.3 is 10.1 Å². The van der Waals surface area contributed by atoms with Crippen molar-refractivity contribution >= 4 is 5.91 Å². The van der Waals surface area contributed by atoms with E-state index >= 15 is 0 Å². The summed E-state index contributed by atoms with van der Waals surface area (Å²) in [6.45, 7) is -1.58. The molecular weight excluding hydrogens is 369 g/mol. The Morgan fingerprint density at radius 2 is 1.89 bits per heavy atom. The highest BCUT2D eigenvalue weighted by atomic mass is 19.3. The molecule has 4 nitrogen and oxygen atoms in total. The van der Waals surface area contributed by atoms with Crippen molar-refractivity contribution in [3.05, 3.63) is 65.5 Å². The van der Waals surface area contributed by atoms with E-state index < -0.39 is 6.61 Å². The summed E-state index contributed by atoms with van der Waals surface area (Å²) in [6.07, 6.45) is 2.69. The van der Waals surface area contributed by atoms with Crippen molar-refractivity contribution in [2.24, 2.45) is 0 Å². The molecule has 7 heteroatoms. The second-order valence-electron chi connectivity index (χ2n) is 6.89. The minimum Gasteiger partial charge on any atom is -0.435 e. The van der Waals surface area contributed by atoms with Crippen LogP contribution in [0.25, 0.3) is 0 Å². The Labute approximate surface area is 162 Å². The van der Waals surface area contributed by atoms with Gasteiger partial charge in [-0.15, -0.1) is 0 Å². The molecule has 1 aliphatic carbocycles. The molecule has 1 saturated carbocycles. The van der Waals surface area contributed by atoms with E-state index in [9.17, 15) is 18.0 Å². The number of hydrogen-bond acceptors (Lipinski definition) is 3. The van der Waals surface area contributed by atoms with E-state index in [1.165, 1.54) is 24.3 Å². The van der Waals surface area contributed by atoms with Crippen LogP contribution in [0.5, 0.6) is 5.75 Å². The molecule has 0 aromatic heterocycles. The number of hydrogen-bond donors (Lipinski definition) is 1. The van der Waals surface area contributed by atoms with Crippen molar-refractivity contribution in [2.75, 3.05) is 13.1 Å². The minimum absolute atomic E-state index is 0.0824. The van der Waals surface area contributed by atoms with E-state index in [2.05, 4.69) is 15.0 Å². The SMILES string of the molecule is O=C(CN(Cc1cccc(F)c1)C1CC1)NCCc1ccc(OC(F)F)cc1. The molecule has 0 atom stereocenters. The molecule has 1 N–H and O–H groups in total. The van der Waals surface area contributed by atoms with Crippen LogP contribution < -0.4 is 10.1 Å². The monoisotopic (exact) mass is 392 g/mol. The van der Waals surface area contributed by atoms with Gasteiger partial charge in [0.1, 0.15) is 11.6 Å². The van der Waals surface area contributed by atoms with Gasteiger partial charge >= 0.3 is 6.61 Å². The number of nitrogens with one attached hydrogen (secondary N) is 1. The molecule has 0 heterocycles. The van der Waals surface area contributed by atoms with Gasteiger partial charge in [-0.3, -0.25) is 9.69 Å². The van der Waals surface area contributed by atoms with Gasteiger partial charge in [-0.1, -0.05) is 24.3 Å². The van der Waals surface area contributed by atoms with Crippen LogP contribution in [-0.4, -0.2) is 36.5 Å². The smallest absolute Gasteiger partial charge is 0.387 e.